The minimum atomic E-state index is -1.69. The number of hydrogen-bond acceptors (Lipinski definition) is 5. The molecular weight excluding hydrogens is 411 g/mol. The van der Waals surface area contributed by atoms with E-state index in [1.54, 1.807) is 6.20 Å². The van der Waals surface area contributed by atoms with Crippen molar-refractivity contribution in [2.75, 3.05) is 6.61 Å². The molecule has 2 radical (unpaired) electrons. The third kappa shape index (κ3) is 4.99. The molecule has 0 unspecified atom stereocenters. The van der Waals surface area contributed by atoms with Crippen molar-refractivity contribution in [1.82, 2.24) is 9.97 Å². The second-order valence-electron chi connectivity index (χ2n) is 11.0. The maximum atomic E-state index is 6.52. The molecule has 0 aliphatic heterocycles. The summed E-state index contributed by atoms with van der Waals surface area (Å²) in [6.07, 6.45) is 8.11. The number of rotatable bonds is 7. The van der Waals surface area contributed by atoms with Crippen molar-refractivity contribution in [3.63, 3.8) is 0 Å². The predicted molar refractivity (Wildman–Crippen MR) is 137 cm³/mol. The van der Waals surface area contributed by atoms with Gasteiger partial charge in [-0.05, 0) is 61.7 Å². The van der Waals surface area contributed by atoms with Crippen LogP contribution in [0.1, 0.15) is 52.1 Å². The molecular formula is C25H35BN4OSi. The molecule has 2 N–H and O–H groups in total. The molecule has 0 atom stereocenters. The molecule has 32 heavy (non-hydrogen) atoms. The minimum absolute atomic E-state index is 0.250. The van der Waals surface area contributed by atoms with Gasteiger partial charge >= 0.3 is 0 Å². The largest absolute Gasteiger partial charge is 0.417 e. The van der Waals surface area contributed by atoms with E-state index >= 15 is 0 Å². The van der Waals surface area contributed by atoms with Gasteiger partial charge in [-0.1, -0.05) is 38.4 Å². The van der Waals surface area contributed by atoms with Gasteiger partial charge in [-0.15, -0.1) is 0 Å². The van der Waals surface area contributed by atoms with E-state index in [4.69, 9.17) is 28.0 Å². The Balaban J connectivity index is 1.44. The molecule has 0 saturated heterocycles. The van der Waals surface area contributed by atoms with Crippen molar-refractivity contribution in [2.24, 2.45) is 22.6 Å². The van der Waals surface area contributed by atoms with Gasteiger partial charge < -0.3 is 10.2 Å². The highest BCUT2D eigenvalue weighted by molar-refractivity contribution is 6.74. The zero-order valence-electron chi connectivity index (χ0n) is 20.1. The number of benzene rings is 1. The second-order valence-corrected chi connectivity index (χ2v) is 15.8. The van der Waals surface area contributed by atoms with Crippen LogP contribution in [-0.4, -0.2) is 45.0 Å². The fraction of sp³-hybridized carbons (Fsp3) is 0.560. The molecule has 2 fully saturated rings. The second kappa shape index (κ2) is 8.75. The summed E-state index contributed by atoms with van der Waals surface area (Å²) in [7, 11) is 4.35. The highest BCUT2D eigenvalue weighted by atomic mass is 28.4. The summed E-state index contributed by atoms with van der Waals surface area (Å²) in [4.78, 5) is 14.2. The van der Waals surface area contributed by atoms with Crippen molar-refractivity contribution >= 4 is 44.4 Å². The van der Waals surface area contributed by atoms with E-state index in [-0.39, 0.29) is 5.04 Å². The van der Waals surface area contributed by atoms with Gasteiger partial charge in [0, 0.05) is 24.1 Å². The van der Waals surface area contributed by atoms with Crippen LogP contribution in [0.5, 0.6) is 0 Å². The van der Waals surface area contributed by atoms with Crippen LogP contribution in [-0.2, 0) is 4.43 Å². The van der Waals surface area contributed by atoms with Gasteiger partial charge in [0.15, 0.2) is 8.32 Å². The molecule has 5 nitrogen and oxygen atoms in total. The molecule has 2 aliphatic carbocycles. The van der Waals surface area contributed by atoms with Gasteiger partial charge in [0.05, 0.1) is 29.0 Å². The number of fused-ring (bicyclic) bond motifs is 1. The molecule has 2 aliphatic rings. The number of para-hydroxylation sites is 1. The predicted octanol–water partition coefficient (Wildman–Crippen LogP) is 4.37. The molecule has 2 aromatic rings. The van der Waals surface area contributed by atoms with E-state index in [1.807, 2.05) is 24.4 Å². The summed E-state index contributed by atoms with van der Waals surface area (Å²) < 4.78 is 6.40. The fourth-order valence-corrected chi connectivity index (χ4v) is 4.86. The Kier molecular flexibility index (Phi) is 6.34. The van der Waals surface area contributed by atoms with E-state index in [0.29, 0.717) is 23.3 Å². The Morgan fingerprint density at radius 3 is 2.66 bits per heavy atom. The maximum Gasteiger partial charge on any atom is 0.191 e. The lowest BCUT2D eigenvalue weighted by Crippen LogP contribution is -2.43. The van der Waals surface area contributed by atoms with Gasteiger partial charge in [-0.25, -0.2) is 4.98 Å². The zero-order chi connectivity index (χ0) is 23.1. The summed E-state index contributed by atoms with van der Waals surface area (Å²) in [5.41, 5.74) is 11.2. The fourth-order valence-electron chi connectivity index (χ4n) is 3.78. The normalized spacial score (nSPS) is 22.8. The Hall–Kier alpha value is -1.99. The first-order chi connectivity index (χ1) is 15.0. The molecule has 2 saturated carbocycles. The van der Waals surface area contributed by atoms with E-state index in [0.717, 1.165) is 60.3 Å². The van der Waals surface area contributed by atoms with Gasteiger partial charge in [0.25, 0.3) is 0 Å². The minimum Gasteiger partial charge on any atom is -0.417 e. The van der Waals surface area contributed by atoms with Crippen LogP contribution in [0.3, 0.4) is 0 Å². The number of nitrogens with two attached hydrogens (primary N) is 1. The Morgan fingerprint density at radius 1 is 1.28 bits per heavy atom. The summed E-state index contributed by atoms with van der Waals surface area (Å²) in [6.45, 7) is 12.3. The lowest BCUT2D eigenvalue weighted by molar-refractivity contribution is 0.150. The molecule has 0 bridgehead atoms. The van der Waals surface area contributed by atoms with Crippen LogP contribution < -0.4 is 11.2 Å². The monoisotopic (exact) mass is 446 g/mol. The van der Waals surface area contributed by atoms with Crippen LogP contribution in [0.4, 0.5) is 0 Å². The van der Waals surface area contributed by atoms with Gasteiger partial charge in [0.1, 0.15) is 7.85 Å². The first kappa shape index (κ1) is 23.2. The number of aliphatic imine (C=N–C) groups is 1. The first-order valence-electron chi connectivity index (χ1n) is 11.7. The first-order valence-corrected chi connectivity index (χ1v) is 14.6. The standard InChI is InChI=1S/C25H35BN4OSi/c1-25(2,3)32(4,5)31-15-16-11-18(12-16)28-13-19(23(27)17-9-10-17)22-14-29-24-20(26)7-6-8-21(24)30-22/h6-8,13-14,16-18H,9-12,15,27H2,1-5H3. The topological polar surface area (TPSA) is 73.4 Å². The zero-order valence-corrected chi connectivity index (χ0v) is 21.1. The molecule has 4 rings (SSSR count). The Labute approximate surface area is 194 Å². The summed E-state index contributed by atoms with van der Waals surface area (Å²) in [6, 6.07) is 6.01. The third-order valence-electron chi connectivity index (χ3n) is 7.32. The molecule has 7 heteroatoms. The Morgan fingerprint density at radius 2 is 2.00 bits per heavy atom. The van der Waals surface area contributed by atoms with Crippen molar-refractivity contribution in [3.8, 4) is 0 Å². The Bertz CT molecular complexity index is 1050. The lowest BCUT2D eigenvalue weighted by Gasteiger charge is -2.40. The molecule has 0 spiro atoms. The van der Waals surface area contributed by atoms with E-state index < -0.39 is 8.32 Å². The van der Waals surface area contributed by atoms with Crippen molar-refractivity contribution < 1.29 is 4.43 Å². The molecule has 168 valence electrons. The van der Waals surface area contributed by atoms with Gasteiger partial charge in [-0.2, -0.15) is 0 Å². The number of allylic oxidation sites excluding steroid dienone is 2. The van der Waals surface area contributed by atoms with E-state index in [9.17, 15) is 0 Å². The van der Waals surface area contributed by atoms with E-state index in [1.165, 1.54) is 0 Å². The molecule has 1 aromatic carbocycles. The summed E-state index contributed by atoms with van der Waals surface area (Å²) >= 11 is 0. The van der Waals surface area contributed by atoms with Gasteiger partial charge in [-0.3, -0.25) is 9.98 Å². The van der Waals surface area contributed by atoms with Gasteiger partial charge in [0.2, 0.25) is 0 Å². The number of hydrogen-bond donors (Lipinski definition) is 1. The van der Waals surface area contributed by atoms with Crippen LogP contribution >= 0.6 is 0 Å². The molecule has 1 heterocycles. The maximum absolute atomic E-state index is 6.52. The average Bonchev–Trinajstić information content (AvgIpc) is 3.53. The van der Waals surface area contributed by atoms with Crippen LogP contribution in [0.25, 0.3) is 16.6 Å². The van der Waals surface area contributed by atoms with Crippen molar-refractivity contribution in [3.05, 3.63) is 35.8 Å². The summed E-state index contributed by atoms with van der Waals surface area (Å²) in [5, 5.41) is 0.250. The van der Waals surface area contributed by atoms with E-state index in [2.05, 4.69) is 38.8 Å². The highest BCUT2D eigenvalue weighted by Crippen LogP contribution is 2.39. The smallest absolute Gasteiger partial charge is 0.191 e. The van der Waals surface area contributed by atoms with Crippen LogP contribution in [0.2, 0.25) is 18.1 Å². The molecule has 1 aromatic heterocycles. The SMILES string of the molecule is [B]c1cccc2nc(C(C=NC3CC(CO[Si](C)(C)C(C)(C)C)C3)=C(N)C3CC3)cnc12. The summed E-state index contributed by atoms with van der Waals surface area (Å²) in [5.74, 6) is 1.03. The van der Waals surface area contributed by atoms with Crippen molar-refractivity contribution in [1.29, 1.82) is 0 Å². The average molecular weight is 446 g/mol. The number of nitrogens with zero attached hydrogens (tertiary/aromatic N) is 3. The third-order valence-corrected chi connectivity index (χ3v) is 11.8. The van der Waals surface area contributed by atoms with Crippen LogP contribution in [0.15, 0.2) is 35.1 Å². The van der Waals surface area contributed by atoms with Crippen molar-refractivity contribution in [2.45, 2.75) is 70.6 Å². The number of aromatic nitrogens is 2. The lowest BCUT2D eigenvalue weighted by atomic mass is 9.81. The molecule has 0 amide bonds. The van der Waals surface area contributed by atoms with Crippen LogP contribution in [0, 0.1) is 11.8 Å². The quantitative estimate of drug-likeness (QED) is 0.506. The highest BCUT2D eigenvalue weighted by Gasteiger charge is 2.39.